The normalized spacial score (nSPS) is 10.8. The van der Waals surface area contributed by atoms with Crippen molar-refractivity contribution in [3.05, 3.63) is 94.0 Å². The Hall–Kier alpha value is -4.45. The summed E-state index contributed by atoms with van der Waals surface area (Å²) in [5.74, 6) is -0.276. The monoisotopic (exact) mass is 498 g/mol. The van der Waals surface area contributed by atoms with Crippen LogP contribution in [0.1, 0.15) is 20.7 Å². The minimum Gasteiger partial charge on any atom is -0.497 e. The highest BCUT2D eigenvalue weighted by molar-refractivity contribution is 7.92. The van der Waals surface area contributed by atoms with Crippen LogP contribution in [0.15, 0.2) is 77.7 Å². The van der Waals surface area contributed by atoms with Crippen LogP contribution in [-0.2, 0) is 10.0 Å². The summed E-state index contributed by atoms with van der Waals surface area (Å²) in [6.07, 6.45) is 0. The molecule has 0 spiro atoms. The maximum Gasteiger partial charge on any atom is 0.270 e. The third-order valence-corrected chi connectivity index (χ3v) is 6.17. The van der Waals surface area contributed by atoms with Crippen LogP contribution >= 0.6 is 0 Å². The molecule has 12 heteroatoms. The second kappa shape index (κ2) is 11.1. The number of benzene rings is 3. The number of amides is 2. The van der Waals surface area contributed by atoms with Gasteiger partial charge >= 0.3 is 0 Å². The van der Waals surface area contributed by atoms with Crippen molar-refractivity contribution in [2.45, 2.75) is 4.90 Å². The molecule has 0 fully saturated rings. The number of nitro benzene ring substituents is 1. The van der Waals surface area contributed by atoms with E-state index in [9.17, 15) is 28.1 Å². The fourth-order valence-corrected chi connectivity index (χ4v) is 4.15. The van der Waals surface area contributed by atoms with Crippen molar-refractivity contribution in [2.24, 2.45) is 0 Å². The minimum atomic E-state index is -4.20. The Morgan fingerprint density at radius 2 is 1.57 bits per heavy atom. The number of methoxy groups -OCH3 is 1. The average molecular weight is 499 g/mol. The highest BCUT2D eigenvalue weighted by Crippen LogP contribution is 2.22. The zero-order valence-electron chi connectivity index (χ0n) is 18.6. The van der Waals surface area contributed by atoms with Crippen LogP contribution in [0.2, 0.25) is 0 Å². The van der Waals surface area contributed by atoms with Crippen LogP contribution in [0.3, 0.4) is 0 Å². The van der Waals surface area contributed by atoms with Crippen molar-refractivity contribution in [1.82, 2.24) is 10.6 Å². The quantitative estimate of drug-likeness (QED) is 0.220. The van der Waals surface area contributed by atoms with Gasteiger partial charge in [-0.25, -0.2) is 8.42 Å². The molecule has 0 saturated carbocycles. The predicted octanol–water partition coefficient (Wildman–Crippen LogP) is 2.56. The number of rotatable bonds is 10. The lowest BCUT2D eigenvalue weighted by Gasteiger charge is -2.13. The Balaban J connectivity index is 1.62. The first-order chi connectivity index (χ1) is 16.7. The first-order valence-corrected chi connectivity index (χ1v) is 11.8. The lowest BCUT2D eigenvalue weighted by Crippen LogP contribution is -2.35. The summed E-state index contributed by atoms with van der Waals surface area (Å²) in [4.78, 5) is 34.8. The second-order valence-corrected chi connectivity index (χ2v) is 8.83. The van der Waals surface area contributed by atoms with E-state index in [1.807, 2.05) is 0 Å². The molecule has 0 heterocycles. The topological polar surface area (TPSA) is 157 Å². The van der Waals surface area contributed by atoms with Crippen LogP contribution in [0.25, 0.3) is 0 Å². The van der Waals surface area contributed by atoms with E-state index in [4.69, 9.17) is 4.74 Å². The maximum absolute atomic E-state index is 12.7. The third kappa shape index (κ3) is 6.54. The highest BCUT2D eigenvalue weighted by atomic mass is 32.2. The Morgan fingerprint density at radius 3 is 2.23 bits per heavy atom. The average Bonchev–Trinajstić information content (AvgIpc) is 2.86. The standard InChI is InChI=1S/C23H22N4O7S/c1-34-18-11-9-16(10-12-18)22(28)24-13-14-25-23(29)20-7-2-3-8-21(20)26-35(32,33)19-6-4-5-17(15-19)27(30)31/h2-12,15,26H,13-14H2,1H3,(H,24,28)(H,25,29). The molecule has 0 saturated heterocycles. The molecule has 11 nitrogen and oxygen atoms in total. The maximum atomic E-state index is 12.7. The van der Waals surface area contributed by atoms with E-state index in [0.717, 1.165) is 6.07 Å². The number of anilines is 1. The third-order valence-electron chi connectivity index (χ3n) is 4.80. The number of nitrogens with one attached hydrogen (secondary N) is 3. The number of non-ortho nitro benzene ring substituents is 1. The molecule has 3 aromatic carbocycles. The van der Waals surface area contributed by atoms with E-state index < -0.39 is 20.9 Å². The Bertz CT molecular complexity index is 1340. The van der Waals surface area contributed by atoms with Crippen LogP contribution in [0.5, 0.6) is 5.75 Å². The molecule has 0 aliphatic carbocycles. The van der Waals surface area contributed by atoms with Crippen LogP contribution in [0, 0.1) is 10.1 Å². The van der Waals surface area contributed by atoms with Gasteiger partial charge < -0.3 is 15.4 Å². The number of carbonyl (C=O) groups is 2. The summed E-state index contributed by atoms with van der Waals surface area (Å²) in [7, 11) is -2.68. The predicted molar refractivity (Wildman–Crippen MR) is 128 cm³/mol. The van der Waals surface area contributed by atoms with Gasteiger partial charge in [0.15, 0.2) is 0 Å². The Morgan fingerprint density at radius 1 is 0.914 bits per heavy atom. The van der Waals surface area contributed by atoms with Gasteiger partial charge in [-0.1, -0.05) is 18.2 Å². The summed E-state index contributed by atoms with van der Waals surface area (Å²) >= 11 is 0. The second-order valence-electron chi connectivity index (χ2n) is 7.15. The van der Waals surface area contributed by atoms with Crippen molar-refractivity contribution in [1.29, 1.82) is 0 Å². The molecule has 0 aliphatic heterocycles. The van der Waals surface area contributed by atoms with E-state index in [1.165, 1.54) is 43.5 Å². The van der Waals surface area contributed by atoms with Crippen LogP contribution < -0.4 is 20.1 Å². The first kappa shape index (κ1) is 25.2. The lowest BCUT2D eigenvalue weighted by molar-refractivity contribution is -0.385. The molecule has 0 unspecified atom stereocenters. The van der Waals surface area contributed by atoms with Crippen molar-refractivity contribution < 1.29 is 27.7 Å². The molecule has 35 heavy (non-hydrogen) atoms. The molecule has 0 radical (unpaired) electrons. The first-order valence-electron chi connectivity index (χ1n) is 10.3. The van der Waals surface area contributed by atoms with Crippen molar-refractivity contribution in [3.8, 4) is 5.75 Å². The molecule has 0 aromatic heterocycles. The molecular formula is C23H22N4O7S. The fraction of sp³-hybridized carbons (Fsp3) is 0.130. The SMILES string of the molecule is COc1ccc(C(=O)NCCNC(=O)c2ccccc2NS(=O)(=O)c2cccc([N+](=O)[O-])c2)cc1. The molecule has 3 aromatic rings. The molecule has 3 N–H and O–H groups in total. The molecule has 0 aliphatic rings. The number of sulfonamides is 1. The van der Waals surface area contributed by atoms with Gasteiger partial charge in [-0.05, 0) is 42.5 Å². The van der Waals surface area contributed by atoms with Crippen LogP contribution in [-0.4, -0.2) is 45.4 Å². The van der Waals surface area contributed by atoms with E-state index in [0.29, 0.717) is 11.3 Å². The summed E-state index contributed by atoms with van der Waals surface area (Å²) in [5, 5.41) is 16.2. The number of ether oxygens (including phenoxy) is 1. The number of para-hydroxylation sites is 1. The summed E-state index contributed by atoms with van der Waals surface area (Å²) < 4.78 is 32.8. The molecule has 0 bridgehead atoms. The van der Waals surface area contributed by atoms with E-state index >= 15 is 0 Å². The number of hydrogen-bond acceptors (Lipinski definition) is 7. The zero-order valence-corrected chi connectivity index (χ0v) is 19.4. The van der Waals surface area contributed by atoms with Crippen molar-refractivity contribution in [2.75, 3.05) is 24.9 Å². The number of nitro groups is 1. The smallest absolute Gasteiger partial charge is 0.270 e. The van der Waals surface area contributed by atoms with E-state index in [1.54, 1.807) is 30.3 Å². The molecule has 182 valence electrons. The lowest BCUT2D eigenvalue weighted by atomic mass is 10.1. The summed E-state index contributed by atoms with van der Waals surface area (Å²) in [6.45, 7) is 0.227. The van der Waals surface area contributed by atoms with Gasteiger partial charge in [-0.3, -0.25) is 24.4 Å². The number of hydrogen-bond donors (Lipinski definition) is 3. The molecule has 0 atom stereocenters. The van der Waals surface area contributed by atoms with E-state index in [2.05, 4.69) is 15.4 Å². The number of carbonyl (C=O) groups excluding carboxylic acids is 2. The molecular weight excluding hydrogens is 476 g/mol. The minimum absolute atomic E-state index is 0.00113. The summed E-state index contributed by atoms with van der Waals surface area (Å²) in [5.41, 5.74) is 0.0929. The van der Waals surface area contributed by atoms with Gasteiger partial charge in [0, 0.05) is 30.8 Å². The molecule has 2 amide bonds. The summed E-state index contributed by atoms with van der Waals surface area (Å²) in [6, 6.07) is 17.0. The van der Waals surface area contributed by atoms with Gasteiger partial charge in [-0.15, -0.1) is 0 Å². The van der Waals surface area contributed by atoms with Gasteiger partial charge in [0.25, 0.3) is 27.5 Å². The van der Waals surface area contributed by atoms with Gasteiger partial charge in [0.2, 0.25) is 0 Å². The number of nitrogens with zero attached hydrogens (tertiary/aromatic N) is 1. The van der Waals surface area contributed by atoms with Gasteiger partial charge in [0.05, 0.1) is 28.2 Å². The Kier molecular flexibility index (Phi) is 8.00. The van der Waals surface area contributed by atoms with Crippen LogP contribution in [0.4, 0.5) is 11.4 Å². The van der Waals surface area contributed by atoms with Gasteiger partial charge in [0.1, 0.15) is 5.75 Å². The van der Waals surface area contributed by atoms with E-state index in [-0.39, 0.29) is 40.8 Å². The highest BCUT2D eigenvalue weighted by Gasteiger charge is 2.20. The molecule has 3 rings (SSSR count). The fourth-order valence-electron chi connectivity index (χ4n) is 3.03. The van der Waals surface area contributed by atoms with Crippen molar-refractivity contribution >= 4 is 33.2 Å². The van der Waals surface area contributed by atoms with Gasteiger partial charge in [-0.2, -0.15) is 0 Å². The van der Waals surface area contributed by atoms with Crippen molar-refractivity contribution in [3.63, 3.8) is 0 Å². The zero-order chi connectivity index (χ0) is 25.4. The largest absolute Gasteiger partial charge is 0.497 e. The Labute approximate surface area is 201 Å².